The Labute approximate surface area is 102 Å². The largest absolute Gasteiger partial charge is 0.392 e. The first-order chi connectivity index (χ1) is 7.41. The van der Waals surface area contributed by atoms with Gasteiger partial charge < -0.3 is 10.4 Å². The van der Waals surface area contributed by atoms with Crippen LogP contribution < -0.4 is 5.32 Å². The van der Waals surface area contributed by atoms with E-state index in [1.165, 1.54) is 5.56 Å². The van der Waals surface area contributed by atoms with Crippen LogP contribution in [0.5, 0.6) is 0 Å². The molecule has 1 aromatic carbocycles. The van der Waals surface area contributed by atoms with Crippen molar-refractivity contribution in [3.8, 4) is 0 Å². The van der Waals surface area contributed by atoms with Crippen LogP contribution in [0.4, 0.5) is 5.69 Å². The molecule has 1 fully saturated rings. The summed E-state index contributed by atoms with van der Waals surface area (Å²) in [5.41, 5.74) is 2.19. The van der Waals surface area contributed by atoms with E-state index in [-0.39, 0.29) is 11.5 Å². The molecule has 0 aromatic heterocycles. The smallest absolute Gasteiger partial charge is 0.0630 e. The topological polar surface area (TPSA) is 32.3 Å². The zero-order valence-corrected chi connectivity index (χ0v) is 10.7. The van der Waals surface area contributed by atoms with Crippen LogP contribution in [-0.2, 0) is 0 Å². The molecule has 0 spiro atoms. The molecule has 3 heteroatoms. The molecule has 1 aliphatic rings. The van der Waals surface area contributed by atoms with Crippen molar-refractivity contribution in [2.45, 2.75) is 39.3 Å². The number of aliphatic hydroxyl groups is 1. The summed E-state index contributed by atoms with van der Waals surface area (Å²) in [7, 11) is 0. The Hall–Kier alpha value is -0.730. The molecule has 0 bridgehead atoms. The predicted octanol–water partition coefficient (Wildman–Crippen LogP) is 3.22. The first-order valence-corrected chi connectivity index (χ1v) is 6.00. The van der Waals surface area contributed by atoms with Crippen LogP contribution >= 0.6 is 11.6 Å². The molecule has 2 rings (SSSR count). The minimum Gasteiger partial charge on any atom is -0.392 e. The number of benzene rings is 1. The monoisotopic (exact) mass is 239 g/mol. The van der Waals surface area contributed by atoms with Gasteiger partial charge in [-0.15, -0.1) is 0 Å². The van der Waals surface area contributed by atoms with E-state index in [0.29, 0.717) is 6.04 Å². The maximum Gasteiger partial charge on any atom is 0.0630 e. The Morgan fingerprint density at radius 2 is 2.12 bits per heavy atom. The van der Waals surface area contributed by atoms with Crippen LogP contribution in [0.15, 0.2) is 18.2 Å². The number of nitrogens with one attached hydrogen (secondary N) is 1. The summed E-state index contributed by atoms with van der Waals surface area (Å²) in [4.78, 5) is 0. The molecule has 2 atom stereocenters. The van der Waals surface area contributed by atoms with Gasteiger partial charge in [-0.1, -0.05) is 31.5 Å². The Morgan fingerprint density at radius 3 is 2.69 bits per heavy atom. The Bertz CT molecular complexity index is 403. The van der Waals surface area contributed by atoms with E-state index < -0.39 is 0 Å². The van der Waals surface area contributed by atoms with Crippen molar-refractivity contribution < 1.29 is 5.11 Å². The molecule has 16 heavy (non-hydrogen) atoms. The van der Waals surface area contributed by atoms with Crippen LogP contribution in [0, 0.1) is 12.3 Å². The molecule has 2 unspecified atom stereocenters. The summed E-state index contributed by atoms with van der Waals surface area (Å²) in [5.74, 6) is 0. The minimum atomic E-state index is -0.204. The number of rotatable bonds is 2. The molecule has 0 heterocycles. The fourth-order valence-corrected chi connectivity index (χ4v) is 2.26. The second-order valence-corrected chi connectivity index (χ2v) is 5.67. The van der Waals surface area contributed by atoms with Crippen molar-refractivity contribution in [1.82, 2.24) is 0 Å². The lowest BCUT2D eigenvalue weighted by molar-refractivity contribution is -0.0510. The van der Waals surface area contributed by atoms with Crippen LogP contribution in [0.1, 0.15) is 25.8 Å². The van der Waals surface area contributed by atoms with Gasteiger partial charge in [-0.05, 0) is 31.0 Å². The zero-order chi connectivity index (χ0) is 11.9. The van der Waals surface area contributed by atoms with Gasteiger partial charge in [0.2, 0.25) is 0 Å². The number of aryl methyl sites for hydroxylation is 1. The molecule has 2 nitrogen and oxygen atoms in total. The Balaban J connectivity index is 2.13. The molecule has 88 valence electrons. The van der Waals surface area contributed by atoms with Gasteiger partial charge in [-0.25, -0.2) is 0 Å². The van der Waals surface area contributed by atoms with E-state index in [1.54, 1.807) is 0 Å². The summed E-state index contributed by atoms with van der Waals surface area (Å²) in [6.07, 6.45) is 0.600. The first-order valence-electron chi connectivity index (χ1n) is 5.62. The fraction of sp³-hybridized carbons (Fsp3) is 0.538. The van der Waals surface area contributed by atoms with Crippen molar-refractivity contribution in [2.75, 3.05) is 5.32 Å². The molecule has 2 N–H and O–H groups in total. The van der Waals surface area contributed by atoms with Crippen LogP contribution in [0.3, 0.4) is 0 Å². The highest BCUT2D eigenvalue weighted by molar-refractivity contribution is 6.30. The first kappa shape index (κ1) is 11.7. The fourth-order valence-electron chi connectivity index (χ4n) is 2.08. The third-order valence-corrected chi connectivity index (χ3v) is 3.98. The van der Waals surface area contributed by atoms with Crippen LogP contribution in [-0.4, -0.2) is 17.3 Å². The molecule has 1 aliphatic carbocycles. The maximum atomic E-state index is 9.68. The molecule has 1 aromatic rings. The van der Waals surface area contributed by atoms with Crippen molar-refractivity contribution in [2.24, 2.45) is 5.41 Å². The van der Waals surface area contributed by atoms with Gasteiger partial charge in [0.25, 0.3) is 0 Å². The van der Waals surface area contributed by atoms with Gasteiger partial charge in [-0.3, -0.25) is 0 Å². The zero-order valence-electron chi connectivity index (χ0n) is 9.92. The van der Waals surface area contributed by atoms with Gasteiger partial charge in [0.05, 0.1) is 6.10 Å². The average Bonchev–Trinajstić information content (AvgIpc) is 2.23. The van der Waals surface area contributed by atoms with Crippen molar-refractivity contribution >= 4 is 17.3 Å². The summed E-state index contributed by atoms with van der Waals surface area (Å²) >= 11 is 5.97. The Kier molecular flexibility index (Phi) is 2.89. The molecule has 0 aliphatic heterocycles. The maximum absolute atomic E-state index is 9.68. The number of hydrogen-bond donors (Lipinski definition) is 2. The molecule has 0 radical (unpaired) electrons. The molecular formula is C13H18ClNO. The summed E-state index contributed by atoms with van der Waals surface area (Å²) in [5, 5.41) is 13.9. The highest BCUT2D eigenvalue weighted by atomic mass is 35.5. The predicted molar refractivity (Wildman–Crippen MR) is 68.0 cm³/mol. The quantitative estimate of drug-likeness (QED) is 0.831. The molecule has 0 saturated heterocycles. The second kappa shape index (κ2) is 3.94. The third kappa shape index (κ3) is 1.92. The van der Waals surface area contributed by atoms with E-state index in [1.807, 2.05) is 18.2 Å². The lowest BCUT2D eigenvalue weighted by Gasteiger charge is -2.50. The number of hydrogen-bond acceptors (Lipinski definition) is 2. The Morgan fingerprint density at radius 1 is 1.44 bits per heavy atom. The summed E-state index contributed by atoms with van der Waals surface area (Å²) in [6.45, 7) is 6.22. The van der Waals surface area contributed by atoms with Crippen molar-refractivity contribution in [3.05, 3.63) is 28.8 Å². The standard InChI is InChI=1S/C13H18ClNO/c1-8-4-5-9(14)6-10(8)15-11-7-12(16)13(11,2)3/h4-6,11-12,15-16H,7H2,1-3H3. The SMILES string of the molecule is Cc1ccc(Cl)cc1NC1CC(O)C1(C)C. The van der Waals surface area contributed by atoms with Crippen LogP contribution in [0.25, 0.3) is 0 Å². The van der Waals surface area contributed by atoms with Gasteiger partial charge in [-0.2, -0.15) is 0 Å². The van der Waals surface area contributed by atoms with Crippen molar-refractivity contribution in [3.63, 3.8) is 0 Å². The van der Waals surface area contributed by atoms with E-state index in [2.05, 4.69) is 26.1 Å². The molecule has 1 saturated carbocycles. The minimum absolute atomic E-state index is 0.0608. The van der Waals surface area contributed by atoms with E-state index in [4.69, 9.17) is 11.6 Å². The number of aliphatic hydroxyl groups excluding tert-OH is 1. The highest BCUT2D eigenvalue weighted by Gasteiger charge is 2.47. The number of halogens is 1. The summed E-state index contributed by atoms with van der Waals surface area (Å²) < 4.78 is 0. The second-order valence-electron chi connectivity index (χ2n) is 5.23. The van der Waals surface area contributed by atoms with Crippen molar-refractivity contribution in [1.29, 1.82) is 0 Å². The van der Waals surface area contributed by atoms with E-state index in [9.17, 15) is 5.11 Å². The number of anilines is 1. The van der Waals surface area contributed by atoms with Gasteiger partial charge in [0, 0.05) is 22.2 Å². The lowest BCUT2D eigenvalue weighted by Crippen LogP contribution is -2.56. The normalized spacial score (nSPS) is 27.3. The van der Waals surface area contributed by atoms with Gasteiger partial charge in [0.15, 0.2) is 0 Å². The summed E-state index contributed by atoms with van der Waals surface area (Å²) in [6, 6.07) is 6.16. The van der Waals surface area contributed by atoms with Gasteiger partial charge >= 0.3 is 0 Å². The van der Waals surface area contributed by atoms with E-state index in [0.717, 1.165) is 17.1 Å². The van der Waals surface area contributed by atoms with Crippen LogP contribution in [0.2, 0.25) is 5.02 Å². The highest BCUT2D eigenvalue weighted by Crippen LogP contribution is 2.42. The van der Waals surface area contributed by atoms with Gasteiger partial charge in [0.1, 0.15) is 0 Å². The molecular weight excluding hydrogens is 222 g/mol. The molecule has 0 amide bonds. The third-order valence-electron chi connectivity index (χ3n) is 3.75. The lowest BCUT2D eigenvalue weighted by atomic mass is 9.64. The average molecular weight is 240 g/mol. The van der Waals surface area contributed by atoms with E-state index >= 15 is 0 Å².